The lowest BCUT2D eigenvalue weighted by molar-refractivity contribution is 0.0967. The maximum atomic E-state index is 15.2. The standard InChI is InChI=1S/C27H32F2N6O3S/c1-17(2)35-16-27(3,4)38-25-20(28)11-19(12-22(25)35)24-21(29)14-31-26(33-24)32-23-8-7-18(13-30-23)15-34-9-5-6-10-39(34,36)37/h7-8,11-14,17H,5-6,9-10,15-16H2,1-4H3,(H,30,31,32,33). The summed E-state index contributed by atoms with van der Waals surface area (Å²) in [6.45, 7) is 9.11. The molecule has 2 aliphatic heterocycles. The third-order valence-corrected chi connectivity index (χ3v) is 8.68. The van der Waals surface area contributed by atoms with Gasteiger partial charge in [-0.2, -0.15) is 4.31 Å². The van der Waals surface area contributed by atoms with Crippen LogP contribution < -0.4 is 15.0 Å². The third kappa shape index (κ3) is 5.81. The molecule has 208 valence electrons. The zero-order chi connectivity index (χ0) is 27.9. The molecule has 1 N–H and O–H groups in total. The molecule has 1 fully saturated rings. The number of rotatable bonds is 6. The number of fused-ring (bicyclic) bond motifs is 1. The van der Waals surface area contributed by atoms with Crippen molar-refractivity contribution in [2.75, 3.05) is 29.1 Å². The third-order valence-electron chi connectivity index (χ3n) is 6.78. The van der Waals surface area contributed by atoms with Gasteiger partial charge in [-0.05, 0) is 64.3 Å². The lowest BCUT2D eigenvalue weighted by atomic mass is 10.0. The molecule has 12 heteroatoms. The Kier molecular flexibility index (Phi) is 7.19. The molecule has 4 heterocycles. The number of hydrogen-bond acceptors (Lipinski definition) is 8. The van der Waals surface area contributed by atoms with E-state index < -0.39 is 27.3 Å². The lowest BCUT2D eigenvalue weighted by Gasteiger charge is -2.43. The van der Waals surface area contributed by atoms with Crippen LogP contribution in [0.25, 0.3) is 11.3 Å². The van der Waals surface area contributed by atoms with Crippen molar-refractivity contribution in [2.24, 2.45) is 0 Å². The number of halogens is 2. The first kappa shape index (κ1) is 27.2. The van der Waals surface area contributed by atoms with Gasteiger partial charge in [-0.1, -0.05) is 6.07 Å². The molecule has 0 unspecified atom stereocenters. The normalized spacial score (nSPS) is 18.5. The molecule has 0 bridgehead atoms. The number of nitrogens with zero attached hydrogens (tertiary/aromatic N) is 5. The van der Waals surface area contributed by atoms with Crippen molar-refractivity contribution in [1.82, 2.24) is 19.3 Å². The lowest BCUT2D eigenvalue weighted by Crippen LogP contribution is -2.49. The first-order valence-corrected chi connectivity index (χ1v) is 14.5. The van der Waals surface area contributed by atoms with Crippen molar-refractivity contribution in [2.45, 2.75) is 58.7 Å². The van der Waals surface area contributed by atoms with Crippen LogP contribution in [0.15, 0.2) is 36.7 Å². The minimum absolute atomic E-state index is 0.0605. The van der Waals surface area contributed by atoms with Gasteiger partial charge < -0.3 is 15.0 Å². The Hall–Kier alpha value is -3.38. The molecule has 9 nitrogen and oxygen atoms in total. The van der Waals surface area contributed by atoms with Crippen molar-refractivity contribution in [3.05, 3.63) is 53.9 Å². The van der Waals surface area contributed by atoms with Crippen LogP contribution in [-0.2, 0) is 16.6 Å². The molecule has 0 atom stereocenters. The second-order valence-electron chi connectivity index (χ2n) is 10.8. The van der Waals surface area contributed by atoms with Crippen LogP contribution in [0.2, 0.25) is 0 Å². The van der Waals surface area contributed by atoms with Crippen LogP contribution in [0, 0.1) is 11.6 Å². The summed E-state index contributed by atoms with van der Waals surface area (Å²) >= 11 is 0. The Morgan fingerprint density at radius 1 is 1.10 bits per heavy atom. The Morgan fingerprint density at radius 3 is 2.59 bits per heavy atom. The van der Waals surface area contributed by atoms with Gasteiger partial charge >= 0.3 is 0 Å². The predicted molar refractivity (Wildman–Crippen MR) is 146 cm³/mol. The maximum Gasteiger partial charge on any atom is 0.229 e. The molecule has 0 spiro atoms. The highest BCUT2D eigenvalue weighted by atomic mass is 32.2. The van der Waals surface area contributed by atoms with Gasteiger partial charge in [0.15, 0.2) is 17.4 Å². The SMILES string of the molecule is CC(C)N1CC(C)(C)Oc2c(F)cc(-c3nc(Nc4ccc(CN5CCCCS5(=O)=O)cn4)ncc3F)cc21. The summed E-state index contributed by atoms with van der Waals surface area (Å²) in [4.78, 5) is 14.7. The molecule has 39 heavy (non-hydrogen) atoms. The fourth-order valence-corrected chi connectivity index (χ4v) is 6.43. The smallest absolute Gasteiger partial charge is 0.229 e. The zero-order valence-electron chi connectivity index (χ0n) is 22.4. The topological polar surface area (TPSA) is 101 Å². The minimum atomic E-state index is -3.24. The maximum absolute atomic E-state index is 15.2. The Labute approximate surface area is 227 Å². The summed E-state index contributed by atoms with van der Waals surface area (Å²) < 4.78 is 62.1. The number of anilines is 3. The number of pyridine rings is 1. The minimum Gasteiger partial charge on any atom is -0.481 e. The van der Waals surface area contributed by atoms with E-state index in [0.717, 1.165) is 18.2 Å². The molecule has 5 rings (SSSR count). The number of aromatic nitrogens is 3. The molecule has 1 saturated heterocycles. The Bertz CT molecular complexity index is 1480. The van der Waals surface area contributed by atoms with E-state index in [-0.39, 0.29) is 41.3 Å². The quantitative estimate of drug-likeness (QED) is 0.457. The second-order valence-corrected chi connectivity index (χ2v) is 12.9. The average molecular weight is 559 g/mol. The summed E-state index contributed by atoms with van der Waals surface area (Å²) in [5, 5.41) is 2.94. The molecule has 0 amide bonds. The van der Waals surface area contributed by atoms with E-state index in [2.05, 4.69) is 20.3 Å². The van der Waals surface area contributed by atoms with Crippen LogP contribution in [-0.4, -0.2) is 58.2 Å². The first-order chi connectivity index (χ1) is 18.4. The zero-order valence-corrected chi connectivity index (χ0v) is 23.2. The largest absolute Gasteiger partial charge is 0.481 e. The molecule has 1 aromatic carbocycles. The van der Waals surface area contributed by atoms with Gasteiger partial charge in [0, 0.05) is 30.9 Å². The fourth-order valence-electron chi connectivity index (χ4n) is 4.85. The van der Waals surface area contributed by atoms with Crippen molar-refractivity contribution in [1.29, 1.82) is 0 Å². The van der Waals surface area contributed by atoms with Gasteiger partial charge in [-0.3, -0.25) is 0 Å². The van der Waals surface area contributed by atoms with Crippen LogP contribution in [0.4, 0.5) is 26.2 Å². The van der Waals surface area contributed by atoms with Gasteiger partial charge in [0.25, 0.3) is 0 Å². The van der Waals surface area contributed by atoms with E-state index >= 15 is 4.39 Å². The highest BCUT2D eigenvalue weighted by molar-refractivity contribution is 7.89. The average Bonchev–Trinajstić information content (AvgIpc) is 2.87. The van der Waals surface area contributed by atoms with E-state index in [1.807, 2.05) is 32.6 Å². The van der Waals surface area contributed by atoms with Crippen molar-refractivity contribution < 1.29 is 21.9 Å². The van der Waals surface area contributed by atoms with Gasteiger partial charge in [0.05, 0.1) is 24.2 Å². The van der Waals surface area contributed by atoms with Crippen LogP contribution in [0.5, 0.6) is 5.75 Å². The molecule has 0 radical (unpaired) electrons. The number of hydrogen-bond donors (Lipinski definition) is 1. The van der Waals surface area contributed by atoms with Crippen molar-refractivity contribution in [3.63, 3.8) is 0 Å². The van der Waals surface area contributed by atoms with Crippen molar-refractivity contribution >= 4 is 27.5 Å². The van der Waals surface area contributed by atoms with E-state index in [9.17, 15) is 12.8 Å². The summed E-state index contributed by atoms with van der Waals surface area (Å²) in [5.74, 6) is -0.505. The number of nitrogens with one attached hydrogen (secondary N) is 1. The molecular formula is C27H32F2N6O3S. The fraction of sp³-hybridized carbons (Fsp3) is 0.444. The highest BCUT2D eigenvalue weighted by Gasteiger charge is 2.35. The summed E-state index contributed by atoms with van der Waals surface area (Å²) in [6, 6.07) is 6.42. The Morgan fingerprint density at radius 2 is 1.90 bits per heavy atom. The van der Waals surface area contributed by atoms with E-state index in [4.69, 9.17) is 4.74 Å². The molecule has 3 aromatic rings. The predicted octanol–water partition coefficient (Wildman–Crippen LogP) is 4.87. The Balaban J connectivity index is 1.39. The van der Waals surface area contributed by atoms with Gasteiger partial charge in [0.1, 0.15) is 17.1 Å². The number of sulfonamides is 1. The van der Waals surface area contributed by atoms with Crippen molar-refractivity contribution in [3.8, 4) is 17.0 Å². The van der Waals surface area contributed by atoms with Crippen LogP contribution in [0.3, 0.4) is 0 Å². The summed E-state index contributed by atoms with van der Waals surface area (Å²) in [7, 11) is -3.24. The van der Waals surface area contributed by atoms with Gasteiger partial charge in [0.2, 0.25) is 16.0 Å². The van der Waals surface area contributed by atoms with E-state index in [1.54, 1.807) is 24.4 Å². The summed E-state index contributed by atoms with van der Waals surface area (Å²) in [5.41, 5.74) is 0.904. The monoisotopic (exact) mass is 558 g/mol. The first-order valence-electron chi connectivity index (χ1n) is 12.9. The molecule has 2 aromatic heterocycles. The van der Waals surface area contributed by atoms with E-state index in [1.165, 1.54) is 10.4 Å². The van der Waals surface area contributed by atoms with Gasteiger partial charge in [-0.15, -0.1) is 0 Å². The second kappa shape index (κ2) is 10.3. The molecular weight excluding hydrogens is 526 g/mol. The number of ether oxygens (including phenoxy) is 1. The highest BCUT2D eigenvalue weighted by Crippen LogP contribution is 2.43. The molecule has 0 saturated carbocycles. The van der Waals surface area contributed by atoms with Gasteiger partial charge in [-0.25, -0.2) is 32.2 Å². The van der Waals surface area contributed by atoms with E-state index in [0.29, 0.717) is 31.0 Å². The van der Waals surface area contributed by atoms with Crippen LogP contribution in [0.1, 0.15) is 46.1 Å². The summed E-state index contributed by atoms with van der Waals surface area (Å²) in [6.07, 6.45) is 4.12. The molecule has 0 aliphatic carbocycles. The number of benzene rings is 1. The van der Waals surface area contributed by atoms with Crippen LogP contribution >= 0.6 is 0 Å². The molecule has 2 aliphatic rings.